The second kappa shape index (κ2) is 9.92. The quantitative estimate of drug-likeness (QED) is 0.432. The van der Waals surface area contributed by atoms with Crippen molar-refractivity contribution in [3.8, 4) is 0 Å². The molecule has 3 aliphatic heterocycles. The van der Waals surface area contributed by atoms with Gasteiger partial charge in [-0.05, 0) is 41.0 Å². The van der Waals surface area contributed by atoms with Crippen LogP contribution in [-0.4, -0.2) is 67.9 Å². The highest BCUT2D eigenvalue weighted by molar-refractivity contribution is 7.91. The summed E-state index contributed by atoms with van der Waals surface area (Å²) in [6.45, 7) is 2.19. The zero-order valence-electron chi connectivity index (χ0n) is 21.4. The lowest BCUT2D eigenvalue weighted by Crippen LogP contribution is -2.49. The van der Waals surface area contributed by atoms with Crippen molar-refractivity contribution in [3.63, 3.8) is 0 Å². The van der Waals surface area contributed by atoms with Crippen molar-refractivity contribution >= 4 is 22.8 Å². The van der Waals surface area contributed by atoms with Gasteiger partial charge in [-0.15, -0.1) is 10.2 Å². The molecular formula is C27H28F3N5O3S. The maximum Gasteiger partial charge on any atom is 0.416 e. The average molecular weight is 560 g/mol. The van der Waals surface area contributed by atoms with Crippen molar-refractivity contribution in [2.24, 2.45) is 7.05 Å². The summed E-state index contributed by atoms with van der Waals surface area (Å²) in [6, 6.07) is 10.2. The molecule has 1 amide bonds. The van der Waals surface area contributed by atoms with E-state index in [1.165, 1.54) is 11.0 Å². The lowest BCUT2D eigenvalue weighted by atomic mass is 9.75. The summed E-state index contributed by atoms with van der Waals surface area (Å²) < 4.78 is 61.7. The number of hydrogen-bond donors (Lipinski definition) is 0. The van der Waals surface area contributed by atoms with E-state index in [-0.39, 0.29) is 29.6 Å². The van der Waals surface area contributed by atoms with Crippen LogP contribution in [0.1, 0.15) is 38.4 Å². The van der Waals surface area contributed by atoms with E-state index in [0.717, 1.165) is 11.4 Å². The maximum atomic E-state index is 14.2. The number of carbonyl (C=O) groups is 1. The number of nitrogens with zero attached hydrogens (tertiary/aromatic N) is 5. The first-order chi connectivity index (χ1) is 18.6. The molecule has 206 valence electrons. The number of fused-ring (bicyclic) bond motifs is 1. The van der Waals surface area contributed by atoms with Crippen molar-refractivity contribution in [3.05, 3.63) is 76.4 Å². The summed E-state index contributed by atoms with van der Waals surface area (Å²) in [5.74, 6) is 1.36. The van der Waals surface area contributed by atoms with Crippen molar-refractivity contribution in [2.45, 2.75) is 31.1 Å². The van der Waals surface area contributed by atoms with Gasteiger partial charge in [0.05, 0.1) is 25.3 Å². The molecule has 0 radical (unpaired) electrons. The van der Waals surface area contributed by atoms with Crippen LogP contribution in [0.25, 0.3) is 0 Å². The predicted molar refractivity (Wildman–Crippen MR) is 139 cm³/mol. The molecule has 0 saturated carbocycles. The van der Waals surface area contributed by atoms with E-state index in [4.69, 9.17) is 4.74 Å². The molecule has 0 aliphatic carbocycles. The fraction of sp³-hybridized carbons (Fsp3) is 0.444. The van der Waals surface area contributed by atoms with E-state index in [9.17, 15) is 22.5 Å². The summed E-state index contributed by atoms with van der Waals surface area (Å²) in [4.78, 5) is 17.0. The number of rotatable bonds is 6. The Balaban J connectivity index is 1.30. The van der Waals surface area contributed by atoms with E-state index in [0.29, 0.717) is 55.5 Å². The molecule has 0 spiro atoms. The zero-order valence-corrected chi connectivity index (χ0v) is 22.2. The first-order valence-corrected chi connectivity index (χ1v) is 14.3. The number of aromatic nitrogens is 3. The number of halogens is 3. The number of aryl methyl sites for hydroxylation is 1. The fourth-order valence-corrected chi connectivity index (χ4v) is 6.73. The smallest absolute Gasteiger partial charge is 0.416 e. The van der Waals surface area contributed by atoms with E-state index in [1.807, 2.05) is 34.7 Å². The summed E-state index contributed by atoms with van der Waals surface area (Å²) in [5, 5.41) is 8.16. The first kappa shape index (κ1) is 26.3. The molecule has 0 unspecified atom stereocenters. The van der Waals surface area contributed by atoms with Crippen LogP contribution in [0.5, 0.6) is 0 Å². The van der Waals surface area contributed by atoms with Crippen molar-refractivity contribution < 1.29 is 27.3 Å². The van der Waals surface area contributed by atoms with Crippen molar-refractivity contribution in [2.75, 3.05) is 42.7 Å². The zero-order chi connectivity index (χ0) is 27.4. The highest BCUT2D eigenvalue weighted by atomic mass is 32.2. The molecule has 39 heavy (non-hydrogen) atoms. The first-order valence-electron chi connectivity index (χ1n) is 12.8. The van der Waals surface area contributed by atoms with E-state index in [1.54, 1.807) is 18.5 Å². The molecule has 2 saturated heterocycles. The molecule has 0 N–H and O–H groups in total. The van der Waals surface area contributed by atoms with Gasteiger partial charge in [-0.2, -0.15) is 13.2 Å². The van der Waals surface area contributed by atoms with Crippen LogP contribution < -0.4 is 4.90 Å². The number of alkyl halides is 3. The van der Waals surface area contributed by atoms with Crippen LogP contribution in [0, 0.1) is 0 Å². The Morgan fingerprint density at radius 3 is 2.56 bits per heavy atom. The molecule has 3 aliphatic rings. The van der Waals surface area contributed by atoms with Gasteiger partial charge in [-0.25, -0.2) is 0 Å². The van der Waals surface area contributed by atoms with Gasteiger partial charge in [0.1, 0.15) is 23.7 Å². The van der Waals surface area contributed by atoms with Gasteiger partial charge in [0.15, 0.2) is 0 Å². The molecule has 0 bridgehead atoms. The number of hydrogen-bond acceptors (Lipinski definition) is 6. The molecule has 6 rings (SSSR count). The molecule has 3 aromatic rings. The van der Waals surface area contributed by atoms with Crippen LogP contribution >= 0.6 is 0 Å². The lowest BCUT2D eigenvalue weighted by molar-refractivity contribution is -0.138. The minimum Gasteiger partial charge on any atom is -0.616 e. The van der Waals surface area contributed by atoms with E-state index < -0.39 is 28.8 Å². The Morgan fingerprint density at radius 2 is 1.92 bits per heavy atom. The Kier molecular flexibility index (Phi) is 6.69. The number of amides is 1. The number of ether oxygens (including phenoxy) is 1. The minimum absolute atomic E-state index is 0.00202. The molecular weight excluding hydrogens is 531 g/mol. The van der Waals surface area contributed by atoms with Gasteiger partial charge < -0.3 is 18.8 Å². The molecule has 12 heteroatoms. The van der Waals surface area contributed by atoms with Crippen LogP contribution in [0.2, 0.25) is 0 Å². The highest BCUT2D eigenvalue weighted by Crippen LogP contribution is 2.41. The SMILES string of the molecule is Cn1cnnc1CC1(c2cccc(N3Cc4c(cc(CN5CC[S+]([O-])CC5)cc4C(F)(F)F)C3=O)c2)COC1. The molecule has 2 aromatic carbocycles. The monoisotopic (exact) mass is 559 g/mol. The van der Waals surface area contributed by atoms with E-state index in [2.05, 4.69) is 10.2 Å². The Bertz CT molecular complexity index is 1400. The average Bonchev–Trinajstić information content (AvgIpc) is 3.44. The number of carbonyl (C=O) groups excluding carboxylic acids is 1. The second-order valence-electron chi connectivity index (χ2n) is 10.5. The van der Waals surface area contributed by atoms with Gasteiger partial charge in [-0.1, -0.05) is 23.3 Å². The van der Waals surface area contributed by atoms with E-state index >= 15 is 0 Å². The van der Waals surface area contributed by atoms with Gasteiger partial charge in [0, 0.05) is 49.8 Å². The van der Waals surface area contributed by atoms with Gasteiger partial charge in [0.2, 0.25) is 0 Å². The third-order valence-corrected chi connectivity index (χ3v) is 9.19. The molecule has 1 aromatic heterocycles. The number of anilines is 1. The Hall–Kier alpha value is -2.93. The topological polar surface area (TPSA) is 86.5 Å². The lowest BCUT2D eigenvalue weighted by Gasteiger charge is -2.42. The third-order valence-electron chi connectivity index (χ3n) is 7.91. The maximum absolute atomic E-state index is 14.2. The largest absolute Gasteiger partial charge is 0.616 e. The summed E-state index contributed by atoms with van der Waals surface area (Å²) >= 11 is -0.883. The van der Waals surface area contributed by atoms with Crippen LogP contribution in [0.3, 0.4) is 0 Å². The third kappa shape index (κ3) is 4.94. The highest BCUT2D eigenvalue weighted by Gasteiger charge is 2.43. The van der Waals surface area contributed by atoms with Crippen LogP contribution in [0.4, 0.5) is 18.9 Å². The minimum atomic E-state index is -4.59. The normalized spacial score (nSPS) is 19.8. The van der Waals surface area contributed by atoms with Crippen molar-refractivity contribution in [1.29, 1.82) is 0 Å². The predicted octanol–water partition coefficient (Wildman–Crippen LogP) is 3.07. The number of benzene rings is 2. The van der Waals surface area contributed by atoms with Crippen LogP contribution in [-0.2, 0) is 54.1 Å². The standard InChI is InChI=1S/C27H28F3N5O3S/c1-33-17-31-32-24(33)12-26(15-38-16-26)19-3-2-4-20(11-19)35-14-22-21(25(35)36)9-18(10-23(22)27(28,29)30)13-34-5-7-39(37)8-6-34/h2-4,9-11,17H,5-8,12-16H2,1H3. The summed E-state index contributed by atoms with van der Waals surface area (Å²) in [5.41, 5.74) is 0.896. The molecule has 2 fully saturated rings. The molecule has 0 atom stereocenters. The second-order valence-corrected chi connectivity index (χ2v) is 12.2. The summed E-state index contributed by atoms with van der Waals surface area (Å²) in [6.07, 6.45) is -2.37. The fourth-order valence-electron chi connectivity index (χ4n) is 5.61. The van der Waals surface area contributed by atoms with Gasteiger partial charge in [0.25, 0.3) is 5.91 Å². The summed E-state index contributed by atoms with van der Waals surface area (Å²) in [7, 11) is 1.87. The van der Waals surface area contributed by atoms with Crippen LogP contribution in [0.15, 0.2) is 42.7 Å². The Morgan fingerprint density at radius 1 is 1.15 bits per heavy atom. The van der Waals surface area contributed by atoms with Gasteiger partial charge >= 0.3 is 6.18 Å². The molecule has 8 nitrogen and oxygen atoms in total. The molecule has 4 heterocycles. The van der Waals surface area contributed by atoms with Gasteiger partial charge in [-0.3, -0.25) is 9.69 Å². The van der Waals surface area contributed by atoms with Crippen molar-refractivity contribution in [1.82, 2.24) is 19.7 Å². The Labute approximate surface area is 226 Å².